The summed E-state index contributed by atoms with van der Waals surface area (Å²) in [5, 5.41) is 5.34. The molecule has 5 aromatic rings. The molecule has 0 aliphatic heterocycles. The van der Waals surface area contributed by atoms with E-state index in [2.05, 4.69) is 25.0 Å². The van der Waals surface area contributed by atoms with Crippen molar-refractivity contribution in [2.45, 2.75) is 51.4 Å². The average Bonchev–Trinajstić information content (AvgIpc) is 3.55. The van der Waals surface area contributed by atoms with Gasteiger partial charge in [-0.05, 0) is 32.3 Å². The normalized spacial score (nSPS) is 14.6. The molecule has 12 heteroatoms. The zero-order chi connectivity index (χ0) is 27.3. The van der Waals surface area contributed by atoms with Gasteiger partial charge in [-0.2, -0.15) is 18.3 Å². The van der Waals surface area contributed by atoms with Crippen molar-refractivity contribution in [1.82, 2.24) is 39.3 Å². The SMILES string of the molecule is CCn1cc(C(F)(F)F)nc1-c1ccc(C(C)n2ncc3cnc(-c4c(OC)ncnc4C4CC4)nc32)cc1. The average molecular weight is 535 g/mol. The van der Waals surface area contributed by atoms with Crippen molar-refractivity contribution < 1.29 is 17.9 Å². The Morgan fingerprint density at radius 3 is 2.49 bits per heavy atom. The Kier molecular flexibility index (Phi) is 6.04. The zero-order valence-electron chi connectivity index (χ0n) is 21.5. The van der Waals surface area contributed by atoms with E-state index < -0.39 is 11.9 Å². The molecule has 0 N–H and O–H groups in total. The van der Waals surface area contributed by atoms with Gasteiger partial charge in [0.05, 0.1) is 30.4 Å². The predicted octanol–water partition coefficient (Wildman–Crippen LogP) is 5.68. The van der Waals surface area contributed by atoms with Crippen LogP contribution in [0.2, 0.25) is 0 Å². The summed E-state index contributed by atoms with van der Waals surface area (Å²) < 4.78 is 48.5. The number of alkyl halides is 3. The van der Waals surface area contributed by atoms with Crippen LogP contribution >= 0.6 is 0 Å². The van der Waals surface area contributed by atoms with E-state index in [1.165, 1.54) is 10.9 Å². The van der Waals surface area contributed by atoms with Gasteiger partial charge in [0.25, 0.3) is 0 Å². The van der Waals surface area contributed by atoms with Crippen molar-refractivity contribution >= 4 is 11.0 Å². The molecule has 0 bridgehead atoms. The number of methoxy groups -OCH3 is 1. The zero-order valence-corrected chi connectivity index (χ0v) is 21.5. The molecule has 1 fully saturated rings. The lowest BCUT2D eigenvalue weighted by molar-refractivity contribution is -0.140. The van der Waals surface area contributed by atoms with Crippen molar-refractivity contribution in [3.63, 3.8) is 0 Å². The van der Waals surface area contributed by atoms with Crippen LogP contribution in [0.25, 0.3) is 33.8 Å². The van der Waals surface area contributed by atoms with Gasteiger partial charge >= 0.3 is 6.18 Å². The molecule has 1 aromatic carbocycles. The molecule has 200 valence electrons. The van der Waals surface area contributed by atoms with Crippen molar-refractivity contribution in [2.75, 3.05) is 7.11 Å². The van der Waals surface area contributed by atoms with Crippen LogP contribution in [-0.2, 0) is 12.7 Å². The van der Waals surface area contributed by atoms with Crippen LogP contribution in [0, 0.1) is 0 Å². The Morgan fingerprint density at radius 1 is 1.05 bits per heavy atom. The molecule has 1 unspecified atom stereocenters. The summed E-state index contributed by atoms with van der Waals surface area (Å²) in [6.07, 6.45) is 3.58. The fourth-order valence-electron chi connectivity index (χ4n) is 4.73. The van der Waals surface area contributed by atoms with Crippen LogP contribution in [0.5, 0.6) is 5.88 Å². The lowest BCUT2D eigenvalue weighted by atomic mass is 10.1. The number of rotatable bonds is 7. The number of nitrogens with zero attached hydrogens (tertiary/aromatic N) is 8. The second kappa shape index (κ2) is 9.44. The van der Waals surface area contributed by atoms with E-state index in [0.717, 1.165) is 35.7 Å². The van der Waals surface area contributed by atoms with Gasteiger partial charge in [0.15, 0.2) is 17.2 Å². The Hall–Kier alpha value is -4.35. The Balaban J connectivity index is 1.35. The first-order chi connectivity index (χ1) is 18.8. The van der Waals surface area contributed by atoms with E-state index in [1.54, 1.807) is 43.2 Å². The van der Waals surface area contributed by atoms with Crippen LogP contribution in [0.15, 0.2) is 49.2 Å². The van der Waals surface area contributed by atoms with Crippen LogP contribution in [0.4, 0.5) is 13.2 Å². The highest BCUT2D eigenvalue weighted by Crippen LogP contribution is 2.45. The highest BCUT2D eigenvalue weighted by atomic mass is 19.4. The third kappa shape index (κ3) is 4.49. The summed E-state index contributed by atoms with van der Waals surface area (Å²) in [5.74, 6) is 1.52. The van der Waals surface area contributed by atoms with Gasteiger partial charge in [-0.3, -0.25) is 0 Å². The molecular formula is C27H25F3N8O. The number of ether oxygens (including phenoxy) is 1. The second-order valence-electron chi connectivity index (χ2n) is 9.51. The molecule has 1 aliphatic carbocycles. The number of aryl methyl sites for hydroxylation is 1. The van der Waals surface area contributed by atoms with Crippen LogP contribution in [0.1, 0.15) is 55.6 Å². The van der Waals surface area contributed by atoms with Gasteiger partial charge in [0, 0.05) is 30.4 Å². The summed E-state index contributed by atoms with van der Waals surface area (Å²) >= 11 is 0. The largest absolute Gasteiger partial charge is 0.480 e. The molecule has 9 nitrogen and oxygen atoms in total. The predicted molar refractivity (Wildman–Crippen MR) is 137 cm³/mol. The van der Waals surface area contributed by atoms with Gasteiger partial charge in [-0.15, -0.1) is 0 Å². The van der Waals surface area contributed by atoms with E-state index in [9.17, 15) is 13.2 Å². The van der Waals surface area contributed by atoms with Crippen molar-refractivity contribution in [3.8, 4) is 28.7 Å². The highest BCUT2D eigenvalue weighted by Gasteiger charge is 2.35. The first-order valence-electron chi connectivity index (χ1n) is 12.6. The standard InChI is InChI=1S/C27H25F3N8O/c1-4-37-13-20(27(28,29)30)35-24(37)18-9-5-16(6-10-18)15(2)38-25-19(12-34-38)11-31-23(36-25)21-22(17-7-8-17)32-14-33-26(21)39-3/h5-6,9-15,17H,4,7-8H2,1-3H3. The Labute approximate surface area is 221 Å². The lowest BCUT2D eigenvalue weighted by Crippen LogP contribution is -2.10. The number of imidazole rings is 1. The third-order valence-corrected chi connectivity index (χ3v) is 6.98. The lowest BCUT2D eigenvalue weighted by Gasteiger charge is -2.15. The maximum Gasteiger partial charge on any atom is 0.434 e. The van der Waals surface area contributed by atoms with Crippen molar-refractivity contribution in [3.05, 3.63) is 66.1 Å². The molecule has 39 heavy (non-hydrogen) atoms. The number of halogens is 3. The summed E-state index contributed by atoms with van der Waals surface area (Å²) in [7, 11) is 1.56. The first kappa shape index (κ1) is 25.0. The van der Waals surface area contributed by atoms with Gasteiger partial charge in [0.1, 0.15) is 17.7 Å². The molecule has 0 spiro atoms. The quantitative estimate of drug-likeness (QED) is 0.265. The fraction of sp³-hybridized carbons (Fsp3) is 0.333. The maximum atomic E-state index is 13.2. The number of aromatic nitrogens is 8. The van der Waals surface area contributed by atoms with Crippen LogP contribution < -0.4 is 4.74 Å². The minimum absolute atomic E-state index is 0.215. The number of benzene rings is 1. The molecular weight excluding hydrogens is 509 g/mol. The molecule has 0 amide bonds. The van der Waals surface area contributed by atoms with E-state index in [0.29, 0.717) is 40.9 Å². The maximum absolute atomic E-state index is 13.2. The molecule has 1 aliphatic rings. The van der Waals surface area contributed by atoms with Gasteiger partial charge in [-0.25, -0.2) is 29.6 Å². The summed E-state index contributed by atoms with van der Waals surface area (Å²) in [5.41, 5.74) is 2.82. The summed E-state index contributed by atoms with van der Waals surface area (Å²) in [6.45, 7) is 4.14. The molecule has 1 atom stereocenters. The van der Waals surface area contributed by atoms with E-state index in [-0.39, 0.29) is 11.9 Å². The third-order valence-electron chi connectivity index (χ3n) is 6.98. The minimum Gasteiger partial charge on any atom is -0.480 e. The number of fused-ring (bicyclic) bond motifs is 1. The Morgan fingerprint density at radius 2 is 1.82 bits per heavy atom. The van der Waals surface area contributed by atoms with Crippen LogP contribution in [0.3, 0.4) is 0 Å². The fourth-order valence-corrected chi connectivity index (χ4v) is 4.73. The molecule has 1 saturated carbocycles. The monoisotopic (exact) mass is 534 g/mol. The molecule has 6 rings (SSSR count). The molecule has 0 radical (unpaired) electrons. The minimum atomic E-state index is -4.50. The Bertz CT molecular complexity index is 1650. The smallest absolute Gasteiger partial charge is 0.434 e. The number of hydrogen-bond donors (Lipinski definition) is 0. The number of hydrogen-bond acceptors (Lipinski definition) is 7. The van der Waals surface area contributed by atoms with E-state index in [4.69, 9.17) is 9.72 Å². The molecule has 0 saturated heterocycles. The highest BCUT2D eigenvalue weighted by molar-refractivity contribution is 5.77. The summed E-state index contributed by atoms with van der Waals surface area (Å²) in [4.78, 5) is 22.0. The topological polar surface area (TPSA) is 96.4 Å². The second-order valence-corrected chi connectivity index (χ2v) is 9.51. The molecule has 4 heterocycles. The summed E-state index contributed by atoms with van der Waals surface area (Å²) in [6, 6.07) is 7.09. The van der Waals surface area contributed by atoms with Crippen molar-refractivity contribution in [2.24, 2.45) is 0 Å². The van der Waals surface area contributed by atoms with E-state index >= 15 is 0 Å². The van der Waals surface area contributed by atoms with Gasteiger partial charge in [0.2, 0.25) is 5.88 Å². The van der Waals surface area contributed by atoms with Gasteiger partial charge in [-0.1, -0.05) is 24.3 Å². The molecule has 4 aromatic heterocycles. The van der Waals surface area contributed by atoms with Crippen LogP contribution in [-0.4, -0.2) is 46.4 Å². The first-order valence-corrected chi connectivity index (χ1v) is 12.6. The van der Waals surface area contributed by atoms with Crippen molar-refractivity contribution in [1.29, 1.82) is 0 Å². The van der Waals surface area contributed by atoms with E-state index in [1.807, 2.05) is 19.1 Å². The van der Waals surface area contributed by atoms with Gasteiger partial charge < -0.3 is 9.30 Å².